The fraction of sp³-hybridized carbons (Fsp3) is 0.750. The highest BCUT2D eigenvalue weighted by Gasteiger charge is 2.16. The van der Waals surface area contributed by atoms with Crippen molar-refractivity contribution in [2.75, 3.05) is 0 Å². The fourth-order valence-corrected chi connectivity index (χ4v) is 1.34. The van der Waals surface area contributed by atoms with Crippen molar-refractivity contribution in [3.05, 3.63) is 11.6 Å². The smallest absolute Gasteiger partial charge is 0.205 e. The lowest BCUT2D eigenvalue weighted by atomic mass is 9.92. The van der Waals surface area contributed by atoms with E-state index in [4.69, 9.17) is 0 Å². The number of hydrogen-bond acceptors (Lipinski definition) is 0. The SMILES string of the molecule is CC1C=C(C(F)F)CCC1. The molecule has 0 fully saturated rings. The van der Waals surface area contributed by atoms with Gasteiger partial charge in [0.05, 0.1) is 0 Å². The minimum absolute atomic E-state index is 0.346. The van der Waals surface area contributed by atoms with E-state index in [9.17, 15) is 8.78 Å². The van der Waals surface area contributed by atoms with Gasteiger partial charge in [-0.25, -0.2) is 8.78 Å². The van der Waals surface area contributed by atoms with Crippen LogP contribution in [-0.2, 0) is 0 Å². The van der Waals surface area contributed by atoms with Crippen LogP contribution in [0.1, 0.15) is 26.2 Å². The molecule has 0 bridgehead atoms. The van der Waals surface area contributed by atoms with Crippen molar-refractivity contribution >= 4 is 0 Å². The molecular formula is C8H12F2. The summed E-state index contributed by atoms with van der Waals surface area (Å²) in [7, 11) is 0. The summed E-state index contributed by atoms with van der Waals surface area (Å²) in [6, 6.07) is 0. The van der Waals surface area contributed by atoms with Crippen LogP contribution in [0, 0.1) is 5.92 Å². The van der Waals surface area contributed by atoms with Gasteiger partial charge in [-0.3, -0.25) is 0 Å². The third-order valence-corrected chi connectivity index (χ3v) is 1.90. The van der Waals surface area contributed by atoms with Gasteiger partial charge in [0.2, 0.25) is 0 Å². The van der Waals surface area contributed by atoms with Crippen molar-refractivity contribution in [1.29, 1.82) is 0 Å². The van der Waals surface area contributed by atoms with Crippen LogP contribution < -0.4 is 0 Å². The van der Waals surface area contributed by atoms with E-state index in [0.29, 0.717) is 17.9 Å². The third kappa shape index (κ3) is 1.79. The minimum atomic E-state index is -2.22. The molecule has 0 aromatic rings. The van der Waals surface area contributed by atoms with Crippen LogP contribution >= 0.6 is 0 Å². The first kappa shape index (κ1) is 7.70. The molecular weight excluding hydrogens is 134 g/mol. The van der Waals surface area contributed by atoms with E-state index < -0.39 is 6.43 Å². The van der Waals surface area contributed by atoms with Crippen molar-refractivity contribution in [2.45, 2.75) is 32.6 Å². The van der Waals surface area contributed by atoms with Gasteiger partial charge >= 0.3 is 0 Å². The number of allylic oxidation sites excluding steroid dienone is 2. The van der Waals surface area contributed by atoms with Crippen LogP contribution in [-0.4, -0.2) is 6.43 Å². The van der Waals surface area contributed by atoms with Gasteiger partial charge in [-0.2, -0.15) is 0 Å². The highest BCUT2D eigenvalue weighted by Crippen LogP contribution is 2.26. The summed E-state index contributed by atoms with van der Waals surface area (Å²) >= 11 is 0. The van der Waals surface area contributed by atoms with Gasteiger partial charge in [-0.05, 0) is 30.8 Å². The van der Waals surface area contributed by atoms with Gasteiger partial charge in [0.1, 0.15) is 0 Å². The average Bonchev–Trinajstić information content (AvgIpc) is 1.88. The van der Waals surface area contributed by atoms with Crippen LogP contribution in [0.25, 0.3) is 0 Å². The Balaban J connectivity index is 2.57. The molecule has 10 heavy (non-hydrogen) atoms. The maximum Gasteiger partial charge on any atom is 0.259 e. The number of halogens is 2. The zero-order valence-electron chi connectivity index (χ0n) is 6.11. The van der Waals surface area contributed by atoms with E-state index in [2.05, 4.69) is 0 Å². The Hall–Kier alpha value is -0.400. The van der Waals surface area contributed by atoms with Crippen molar-refractivity contribution in [1.82, 2.24) is 0 Å². The quantitative estimate of drug-likeness (QED) is 0.499. The van der Waals surface area contributed by atoms with Crippen molar-refractivity contribution in [3.63, 3.8) is 0 Å². The second-order valence-electron chi connectivity index (χ2n) is 2.91. The van der Waals surface area contributed by atoms with Crippen LogP contribution in [0.5, 0.6) is 0 Å². The van der Waals surface area contributed by atoms with E-state index in [1.807, 2.05) is 6.92 Å². The largest absolute Gasteiger partial charge is 0.259 e. The van der Waals surface area contributed by atoms with E-state index in [1.54, 1.807) is 6.08 Å². The predicted octanol–water partition coefficient (Wildman–Crippen LogP) is 3.00. The lowest BCUT2D eigenvalue weighted by molar-refractivity contribution is 0.180. The Morgan fingerprint density at radius 1 is 1.60 bits per heavy atom. The van der Waals surface area contributed by atoms with E-state index in [0.717, 1.165) is 12.8 Å². The molecule has 1 rings (SSSR count). The van der Waals surface area contributed by atoms with Gasteiger partial charge in [-0.15, -0.1) is 0 Å². The molecule has 1 aliphatic carbocycles. The summed E-state index contributed by atoms with van der Waals surface area (Å²) in [5.41, 5.74) is 0.346. The molecule has 58 valence electrons. The van der Waals surface area contributed by atoms with Gasteiger partial charge in [-0.1, -0.05) is 13.0 Å². The van der Waals surface area contributed by atoms with Gasteiger partial charge in [0, 0.05) is 0 Å². The predicted molar refractivity (Wildman–Crippen MR) is 37.1 cm³/mol. The monoisotopic (exact) mass is 146 g/mol. The molecule has 0 N–H and O–H groups in total. The van der Waals surface area contributed by atoms with Gasteiger partial charge in [0.15, 0.2) is 0 Å². The molecule has 1 atom stereocenters. The van der Waals surface area contributed by atoms with E-state index >= 15 is 0 Å². The molecule has 1 unspecified atom stereocenters. The summed E-state index contributed by atoms with van der Waals surface area (Å²) in [5.74, 6) is 0.359. The molecule has 0 saturated heterocycles. The number of rotatable bonds is 1. The molecule has 0 amide bonds. The Morgan fingerprint density at radius 2 is 2.30 bits per heavy atom. The Morgan fingerprint density at radius 3 is 2.70 bits per heavy atom. The highest BCUT2D eigenvalue weighted by atomic mass is 19.3. The molecule has 1 aliphatic rings. The number of hydrogen-bond donors (Lipinski definition) is 0. The van der Waals surface area contributed by atoms with E-state index in [-0.39, 0.29) is 0 Å². The first-order valence-corrected chi connectivity index (χ1v) is 3.69. The van der Waals surface area contributed by atoms with Crippen LogP contribution in [0.4, 0.5) is 8.78 Å². The first-order valence-electron chi connectivity index (χ1n) is 3.69. The number of alkyl halides is 2. The molecule has 0 aliphatic heterocycles. The van der Waals surface area contributed by atoms with Crippen molar-refractivity contribution in [2.24, 2.45) is 5.92 Å². The lowest BCUT2D eigenvalue weighted by Gasteiger charge is -2.16. The van der Waals surface area contributed by atoms with Crippen molar-refractivity contribution < 1.29 is 8.78 Å². The summed E-state index contributed by atoms with van der Waals surface area (Å²) in [6.07, 6.45) is 2.09. The first-order chi connectivity index (χ1) is 4.70. The second kappa shape index (κ2) is 3.13. The summed E-state index contributed by atoms with van der Waals surface area (Å²) in [5, 5.41) is 0. The fourth-order valence-electron chi connectivity index (χ4n) is 1.34. The minimum Gasteiger partial charge on any atom is -0.205 e. The summed E-state index contributed by atoms with van der Waals surface area (Å²) in [4.78, 5) is 0. The van der Waals surface area contributed by atoms with Crippen LogP contribution in [0.3, 0.4) is 0 Å². The zero-order chi connectivity index (χ0) is 7.56. The van der Waals surface area contributed by atoms with Gasteiger partial charge < -0.3 is 0 Å². The molecule has 0 spiro atoms. The van der Waals surface area contributed by atoms with Gasteiger partial charge in [0.25, 0.3) is 6.43 Å². The molecule has 0 radical (unpaired) electrons. The molecule has 2 heteroatoms. The Bertz CT molecular complexity index is 138. The maximum atomic E-state index is 12.0. The van der Waals surface area contributed by atoms with Crippen LogP contribution in [0.15, 0.2) is 11.6 Å². The topological polar surface area (TPSA) is 0 Å². The maximum absolute atomic E-state index is 12.0. The third-order valence-electron chi connectivity index (χ3n) is 1.90. The lowest BCUT2D eigenvalue weighted by Crippen LogP contribution is -2.06. The normalized spacial score (nSPS) is 26.8. The molecule has 0 aromatic carbocycles. The average molecular weight is 146 g/mol. The Labute approximate surface area is 59.9 Å². The summed E-state index contributed by atoms with van der Waals surface area (Å²) in [6.45, 7) is 1.99. The Kier molecular flexibility index (Phi) is 2.41. The van der Waals surface area contributed by atoms with E-state index in [1.165, 1.54) is 0 Å². The van der Waals surface area contributed by atoms with Crippen LogP contribution in [0.2, 0.25) is 0 Å². The second-order valence-corrected chi connectivity index (χ2v) is 2.91. The summed E-state index contributed by atoms with van der Waals surface area (Å²) < 4.78 is 24.1. The molecule has 0 nitrogen and oxygen atoms in total. The molecule has 0 heterocycles. The molecule has 0 aromatic heterocycles. The highest BCUT2D eigenvalue weighted by molar-refractivity contribution is 5.09. The standard InChI is InChI=1S/C8H12F2/c1-6-3-2-4-7(5-6)8(9)10/h5-6,8H,2-4H2,1H3. The molecule has 0 saturated carbocycles. The van der Waals surface area contributed by atoms with Crippen molar-refractivity contribution in [3.8, 4) is 0 Å². The zero-order valence-corrected chi connectivity index (χ0v) is 6.11.